The van der Waals surface area contributed by atoms with E-state index in [0.29, 0.717) is 6.61 Å². The second-order valence-corrected chi connectivity index (χ2v) is 4.97. The van der Waals surface area contributed by atoms with Gasteiger partial charge in [0, 0.05) is 6.61 Å². The van der Waals surface area contributed by atoms with Gasteiger partial charge in [0.2, 0.25) is 0 Å². The van der Waals surface area contributed by atoms with Gasteiger partial charge in [-0.3, -0.25) is 0 Å². The van der Waals surface area contributed by atoms with E-state index in [1.54, 1.807) is 0 Å². The molecule has 0 saturated heterocycles. The summed E-state index contributed by atoms with van der Waals surface area (Å²) in [6.07, 6.45) is 16.9. The molecule has 0 aliphatic rings. The van der Waals surface area contributed by atoms with Gasteiger partial charge in [0.05, 0.1) is 0 Å². The zero-order valence-electron chi connectivity index (χ0n) is 12.4. The number of carboxylic acid groups (broad SMARTS) is 1. The Hall–Kier alpha value is -0.830. The standard InChI is InChI=1S/C16H30O3/c1-2-3-4-5-6-7-8-9-10-11-12-13-14-19-15-16(17)18/h8-9H,2-7,10-15H2,1H3,(H,17,18). The van der Waals surface area contributed by atoms with Crippen LogP contribution in [0.1, 0.15) is 71.1 Å². The predicted octanol–water partition coefficient (Wildman–Crippen LogP) is 4.56. The number of allylic oxidation sites excluding steroid dienone is 2. The molecule has 0 spiro atoms. The van der Waals surface area contributed by atoms with Crippen LogP contribution in [-0.4, -0.2) is 24.3 Å². The Morgan fingerprint density at radius 3 is 2.11 bits per heavy atom. The smallest absolute Gasteiger partial charge is 0.329 e. The maximum absolute atomic E-state index is 10.2. The normalized spacial score (nSPS) is 11.2. The number of unbranched alkanes of at least 4 members (excludes halogenated alkanes) is 8. The summed E-state index contributed by atoms with van der Waals surface area (Å²) in [5.41, 5.74) is 0. The molecule has 0 aromatic heterocycles. The lowest BCUT2D eigenvalue weighted by atomic mass is 10.1. The lowest BCUT2D eigenvalue weighted by Gasteiger charge is -2.00. The largest absolute Gasteiger partial charge is 0.480 e. The lowest BCUT2D eigenvalue weighted by Crippen LogP contribution is -2.07. The number of hydrogen-bond acceptors (Lipinski definition) is 2. The van der Waals surface area contributed by atoms with Crippen molar-refractivity contribution in [2.45, 2.75) is 71.1 Å². The molecule has 0 rings (SSSR count). The highest BCUT2D eigenvalue weighted by Crippen LogP contribution is 2.06. The molecule has 0 heterocycles. The molecule has 0 atom stereocenters. The molecule has 0 aliphatic carbocycles. The Morgan fingerprint density at radius 2 is 1.53 bits per heavy atom. The highest BCUT2D eigenvalue weighted by Gasteiger charge is 1.95. The fraction of sp³-hybridized carbons (Fsp3) is 0.812. The first-order valence-corrected chi connectivity index (χ1v) is 7.72. The van der Waals surface area contributed by atoms with Crippen LogP contribution in [0.15, 0.2) is 12.2 Å². The maximum atomic E-state index is 10.2. The van der Waals surface area contributed by atoms with Gasteiger partial charge < -0.3 is 9.84 Å². The summed E-state index contributed by atoms with van der Waals surface area (Å²) in [7, 11) is 0. The van der Waals surface area contributed by atoms with Crippen molar-refractivity contribution in [2.75, 3.05) is 13.2 Å². The molecule has 19 heavy (non-hydrogen) atoms. The quantitative estimate of drug-likeness (QED) is 0.371. The molecule has 0 amide bonds. The van der Waals surface area contributed by atoms with Crippen molar-refractivity contribution in [2.24, 2.45) is 0 Å². The summed E-state index contributed by atoms with van der Waals surface area (Å²) in [5, 5.41) is 8.37. The van der Waals surface area contributed by atoms with E-state index in [9.17, 15) is 4.79 Å². The van der Waals surface area contributed by atoms with Crippen molar-refractivity contribution in [3.05, 3.63) is 12.2 Å². The fourth-order valence-corrected chi connectivity index (χ4v) is 1.90. The van der Waals surface area contributed by atoms with E-state index in [4.69, 9.17) is 9.84 Å². The van der Waals surface area contributed by atoms with Crippen molar-refractivity contribution in [1.29, 1.82) is 0 Å². The summed E-state index contributed by atoms with van der Waals surface area (Å²) >= 11 is 0. The fourth-order valence-electron chi connectivity index (χ4n) is 1.90. The molecule has 0 unspecified atom stereocenters. The Bertz CT molecular complexity index is 224. The van der Waals surface area contributed by atoms with Crippen molar-refractivity contribution in [1.82, 2.24) is 0 Å². The van der Waals surface area contributed by atoms with Crippen LogP contribution in [0.25, 0.3) is 0 Å². The molecule has 3 heteroatoms. The van der Waals surface area contributed by atoms with Gasteiger partial charge >= 0.3 is 5.97 Å². The number of carboxylic acids is 1. The summed E-state index contributed by atoms with van der Waals surface area (Å²) in [5.74, 6) is -0.887. The van der Waals surface area contributed by atoms with Crippen LogP contribution < -0.4 is 0 Å². The molecule has 0 aliphatic heterocycles. The third kappa shape index (κ3) is 17.2. The Labute approximate surface area is 118 Å². The average Bonchev–Trinajstić information content (AvgIpc) is 2.39. The van der Waals surface area contributed by atoms with Gasteiger partial charge in [-0.2, -0.15) is 0 Å². The van der Waals surface area contributed by atoms with E-state index in [1.165, 1.54) is 44.9 Å². The molecule has 1 N–H and O–H groups in total. The topological polar surface area (TPSA) is 46.5 Å². The van der Waals surface area contributed by atoms with E-state index in [1.807, 2.05) is 0 Å². The minimum atomic E-state index is -0.887. The number of rotatable bonds is 14. The van der Waals surface area contributed by atoms with Crippen LogP contribution in [0.5, 0.6) is 0 Å². The molecular formula is C16H30O3. The Kier molecular flexibility index (Phi) is 14.6. The zero-order chi connectivity index (χ0) is 14.2. The summed E-state index contributed by atoms with van der Waals surface area (Å²) in [4.78, 5) is 10.2. The van der Waals surface area contributed by atoms with Crippen LogP contribution in [0.2, 0.25) is 0 Å². The molecular weight excluding hydrogens is 240 g/mol. The molecule has 0 aromatic rings. The second-order valence-electron chi connectivity index (χ2n) is 4.97. The number of aliphatic carboxylic acids is 1. The van der Waals surface area contributed by atoms with Crippen LogP contribution >= 0.6 is 0 Å². The summed E-state index contributed by atoms with van der Waals surface area (Å²) in [6.45, 7) is 2.64. The molecule has 112 valence electrons. The third-order valence-corrected chi connectivity index (χ3v) is 3.03. The van der Waals surface area contributed by atoms with Gasteiger partial charge in [-0.25, -0.2) is 4.79 Å². The van der Waals surface area contributed by atoms with Crippen molar-refractivity contribution in [3.63, 3.8) is 0 Å². The third-order valence-electron chi connectivity index (χ3n) is 3.03. The van der Waals surface area contributed by atoms with Crippen molar-refractivity contribution < 1.29 is 14.6 Å². The number of carbonyl (C=O) groups is 1. The van der Waals surface area contributed by atoms with Crippen LogP contribution in [0.4, 0.5) is 0 Å². The Morgan fingerprint density at radius 1 is 0.947 bits per heavy atom. The first-order valence-electron chi connectivity index (χ1n) is 7.72. The summed E-state index contributed by atoms with van der Waals surface area (Å²) in [6, 6.07) is 0. The molecule has 0 aromatic carbocycles. The van der Waals surface area contributed by atoms with Crippen molar-refractivity contribution in [3.8, 4) is 0 Å². The number of hydrogen-bond donors (Lipinski definition) is 1. The highest BCUT2D eigenvalue weighted by atomic mass is 16.5. The van der Waals surface area contributed by atoms with Gasteiger partial charge in [-0.15, -0.1) is 0 Å². The number of ether oxygens (including phenoxy) is 1. The van der Waals surface area contributed by atoms with Gasteiger partial charge in [0.15, 0.2) is 0 Å². The lowest BCUT2D eigenvalue weighted by molar-refractivity contribution is -0.142. The molecule has 0 fully saturated rings. The van der Waals surface area contributed by atoms with Gasteiger partial charge in [-0.1, -0.05) is 51.2 Å². The SMILES string of the molecule is CCCCCCCC=CCCCCCOCC(=O)O. The highest BCUT2D eigenvalue weighted by molar-refractivity contribution is 5.67. The van der Waals surface area contributed by atoms with Crippen molar-refractivity contribution >= 4 is 5.97 Å². The van der Waals surface area contributed by atoms with E-state index in [0.717, 1.165) is 19.3 Å². The molecule has 3 nitrogen and oxygen atoms in total. The predicted molar refractivity (Wildman–Crippen MR) is 79.4 cm³/mol. The first kappa shape index (κ1) is 18.2. The van der Waals surface area contributed by atoms with Crippen LogP contribution in [-0.2, 0) is 9.53 Å². The second kappa shape index (κ2) is 15.2. The average molecular weight is 270 g/mol. The Balaban J connectivity index is 3.06. The van der Waals surface area contributed by atoms with E-state index < -0.39 is 5.97 Å². The van der Waals surface area contributed by atoms with Crippen LogP contribution in [0.3, 0.4) is 0 Å². The van der Waals surface area contributed by atoms with E-state index in [-0.39, 0.29) is 6.61 Å². The maximum Gasteiger partial charge on any atom is 0.329 e. The van der Waals surface area contributed by atoms with E-state index in [2.05, 4.69) is 19.1 Å². The van der Waals surface area contributed by atoms with Crippen LogP contribution in [0, 0.1) is 0 Å². The first-order chi connectivity index (χ1) is 9.27. The molecule has 0 saturated carbocycles. The van der Waals surface area contributed by atoms with E-state index >= 15 is 0 Å². The van der Waals surface area contributed by atoms with Gasteiger partial charge in [0.25, 0.3) is 0 Å². The zero-order valence-corrected chi connectivity index (χ0v) is 12.4. The monoisotopic (exact) mass is 270 g/mol. The summed E-state index contributed by atoms with van der Waals surface area (Å²) < 4.78 is 4.97. The van der Waals surface area contributed by atoms with Gasteiger partial charge in [0.1, 0.15) is 6.61 Å². The molecule has 0 radical (unpaired) electrons. The van der Waals surface area contributed by atoms with Gasteiger partial charge in [-0.05, 0) is 32.1 Å². The minimum Gasteiger partial charge on any atom is -0.480 e. The minimum absolute atomic E-state index is 0.169. The molecule has 0 bridgehead atoms.